The van der Waals surface area contributed by atoms with Crippen molar-refractivity contribution in [3.8, 4) is 17.2 Å². The maximum atomic E-state index is 13.0. The summed E-state index contributed by atoms with van der Waals surface area (Å²) in [4.78, 5) is 25.4. The third-order valence-electron chi connectivity index (χ3n) is 5.50. The Balaban J connectivity index is 1.41. The molecule has 2 heterocycles. The molecule has 0 saturated heterocycles. The molecule has 1 amide bonds. The van der Waals surface area contributed by atoms with E-state index in [0.29, 0.717) is 29.4 Å². The highest BCUT2D eigenvalue weighted by atomic mass is 16.6. The highest BCUT2D eigenvalue weighted by molar-refractivity contribution is 6.03. The molecule has 2 atom stereocenters. The van der Waals surface area contributed by atoms with E-state index in [1.807, 2.05) is 24.3 Å². The molecule has 2 aromatic carbocycles. The summed E-state index contributed by atoms with van der Waals surface area (Å²) in [6, 6.07) is 17.3. The van der Waals surface area contributed by atoms with Crippen LogP contribution >= 0.6 is 0 Å². The normalized spacial score (nSPS) is 15.8. The average Bonchev–Trinajstić information content (AvgIpc) is 3.58. The molecule has 0 fully saturated rings. The summed E-state index contributed by atoms with van der Waals surface area (Å²) in [6.07, 6.45) is 1.09. The molecule has 0 aliphatic carbocycles. The monoisotopic (exact) mass is 478 g/mol. The smallest absolute Gasteiger partial charge is 0.347 e. The van der Waals surface area contributed by atoms with Gasteiger partial charge in [0.2, 0.25) is 0 Å². The number of hydrogen-bond donors (Lipinski definition) is 0. The van der Waals surface area contributed by atoms with Crippen LogP contribution in [0, 0.1) is 0 Å². The van der Waals surface area contributed by atoms with Crippen molar-refractivity contribution in [2.75, 3.05) is 20.8 Å². The second-order valence-electron chi connectivity index (χ2n) is 7.79. The van der Waals surface area contributed by atoms with E-state index in [-0.39, 0.29) is 0 Å². The molecule has 2 unspecified atom stereocenters. The van der Waals surface area contributed by atoms with Gasteiger partial charge in [-0.3, -0.25) is 4.79 Å². The number of esters is 1. The quantitative estimate of drug-likeness (QED) is 0.429. The lowest BCUT2D eigenvalue weighted by Gasteiger charge is -2.20. The summed E-state index contributed by atoms with van der Waals surface area (Å²) >= 11 is 0. The van der Waals surface area contributed by atoms with Crippen LogP contribution in [0.1, 0.15) is 30.7 Å². The molecule has 1 aliphatic rings. The first-order valence-corrected chi connectivity index (χ1v) is 11.0. The first-order valence-electron chi connectivity index (χ1n) is 11.0. The van der Waals surface area contributed by atoms with Gasteiger partial charge in [0.15, 0.2) is 12.7 Å². The Labute approximate surface area is 202 Å². The van der Waals surface area contributed by atoms with Crippen molar-refractivity contribution >= 4 is 17.6 Å². The van der Waals surface area contributed by atoms with Crippen molar-refractivity contribution in [3.05, 3.63) is 78.3 Å². The Hall–Kier alpha value is -4.27. The van der Waals surface area contributed by atoms with Gasteiger partial charge in [-0.05, 0) is 73.2 Å². The van der Waals surface area contributed by atoms with Crippen molar-refractivity contribution in [2.45, 2.75) is 25.5 Å². The van der Waals surface area contributed by atoms with Crippen LogP contribution in [0.2, 0.25) is 0 Å². The first kappa shape index (κ1) is 23.9. The summed E-state index contributed by atoms with van der Waals surface area (Å²) in [7, 11) is 3.16. The summed E-state index contributed by atoms with van der Waals surface area (Å²) in [6.45, 7) is 1.07. The molecule has 0 bridgehead atoms. The maximum Gasteiger partial charge on any atom is 0.347 e. The van der Waals surface area contributed by atoms with Crippen LogP contribution in [0.4, 0.5) is 0 Å². The number of carbonyl (C=O) groups excluding carboxylic acids is 2. The molecule has 0 spiro atoms. The average molecular weight is 479 g/mol. The Bertz CT molecular complexity index is 1170. The number of hydrazone groups is 1. The molecule has 4 rings (SSSR count). The molecule has 1 aromatic heterocycles. The van der Waals surface area contributed by atoms with Gasteiger partial charge in [0.1, 0.15) is 29.1 Å². The van der Waals surface area contributed by atoms with Gasteiger partial charge in [-0.15, -0.1) is 0 Å². The number of nitrogens with zero attached hydrogens (tertiary/aromatic N) is 2. The molecule has 0 N–H and O–H groups in total. The van der Waals surface area contributed by atoms with E-state index in [9.17, 15) is 9.59 Å². The topological polar surface area (TPSA) is 99.8 Å². The molecule has 9 heteroatoms. The lowest BCUT2D eigenvalue weighted by Crippen LogP contribution is -2.34. The molecule has 182 valence electrons. The third-order valence-corrected chi connectivity index (χ3v) is 5.50. The van der Waals surface area contributed by atoms with Gasteiger partial charge < -0.3 is 23.4 Å². The minimum absolute atomic E-state index is 0.443. The minimum Gasteiger partial charge on any atom is -0.497 e. The van der Waals surface area contributed by atoms with Gasteiger partial charge in [-0.25, -0.2) is 9.80 Å². The lowest BCUT2D eigenvalue weighted by molar-refractivity contribution is -0.158. The van der Waals surface area contributed by atoms with Crippen LogP contribution in [-0.4, -0.2) is 49.5 Å². The van der Waals surface area contributed by atoms with E-state index in [4.69, 9.17) is 23.4 Å². The molecule has 9 nitrogen and oxygen atoms in total. The van der Waals surface area contributed by atoms with E-state index in [2.05, 4.69) is 5.10 Å². The first-order chi connectivity index (χ1) is 17.0. The van der Waals surface area contributed by atoms with Crippen LogP contribution in [0.15, 0.2) is 76.4 Å². The summed E-state index contributed by atoms with van der Waals surface area (Å²) < 4.78 is 26.7. The lowest BCUT2D eigenvalue weighted by atomic mass is 10.0. The van der Waals surface area contributed by atoms with Crippen molar-refractivity contribution < 1.29 is 33.0 Å². The summed E-state index contributed by atoms with van der Waals surface area (Å²) in [5.74, 6) is 1.33. The largest absolute Gasteiger partial charge is 0.497 e. The highest BCUT2D eigenvalue weighted by Gasteiger charge is 2.35. The van der Waals surface area contributed by atoms with Crippen LogP contribution in [0.3, 0.4) is 0 Å². The zero-order valence-corrected chi connectivity index (χ0v) is 19.7. The predicted octanol–water partition coefficient (Wildman–Crippen LogP) is 3.99. The highest BCUT2D eigenvalue weighted by Crippen LogP contribution is 2.33. The molecule has 35 heavy (non-hydrogen) atoms. The second kappa shape index (κ2) is 10.8. The number of benzene rings is 2. The number of ether oxygens (including phenoxy) is 4. The summed E-state index contributed by atoms with van der Waals surface area (Å²) in [5.41, 5.74) is 1.57. The zero-order valence-electron chi connectivity index (χ0n) is 19.7. The molecular formula is C26H26N2O7. The Morgan fingerprint density at radius 2 is 1.63 bits per heavy atom. The Kier molecular flexibility index (Phi) is 7.35. The fourth-order valence-electron chi connectivity index (χ4n) is 3.62. The molecule has 1 aliphatic heterocycles. The fourth-order valence-corrected chi connectivity index (χ4v) is 3.62. The predicted molar refractivity (Wildman–Crippen MR) is 126 cm³/mol. The van der Waals surface area contributed by atoms with Crippen LogP contribution in [0.5, 0.6) is 17.2 Å². The molecule has 0 radical (unpaired) electrons. The second-order valence-corrected chi connectivity index (χ2v) is 7.79. The molecule has 3 aromatic rings. The maximum absolute atomic E-state index is 13.0. The van der Waals surface area contributed by atoms with Gasteiger partial charge in [0.25, 0.3) is 5.91 Å². The SMILES string of the molecule is COc1ccc(OC(C)C(=O)OCC(=O)N2N=C(c3ccc(OC)cc3)CC2c2ccco2)cc1. The minimum atomic E-state index is -0.908. The van der Waals surface area contributed by atoms with Gasteiger partial charge in [0, 0.05) is 6.42 Å². The van der Waals surface area contributed by atoms with Crippen molar-refractivity contribution in [3.63, 3.8) is 0 Å². The van der Waals surface area contributed by atoms with Gasteiger partial charge in [-0.1, -0.05) is 0 Å². The third kappa shape index (κ3) is 5.63. The zero-order chi connectivity index (χ0) is 24.8. The van der Waals surface area contributed by atoms with Crippen LogP contribution in [-0.2, 0) is 14.3 Å². The fraction of sp³-hybridized carbons (Fsp3) is 0.269. The molecular weight excluding hydrogens is 452 g/mol. The number of methoxy groups -OCH3 is 2. The number of rotatable bonds is 9. The number of amides is 1. The summed E-state index contributed by atoms with van der Waals surface area (Å²) in [5, 5.41) is 5.83. The van der Waals surface area contributed by atoms with Gasteiger partial charge in [0.05, 0.1) is 26.2 Å². The Morgan fingerprint density at radius 3 is 2.23 bits per heavy atom. The van der Waals surface area contributed by atoms with E-state index < -0.39 is 30.6 Å². The van der Waals surface area contributed by atoms with Crippen molar-refractivity contribution in [1.82, 2.24) is 5.01 Å². The number of hydrogen-bond acceptors (Lipinski definition) is 8. The Morgan fingerprint density at radius 1 is 1.00 bits per heavy atom. The number of carbonyl (C=O) groups is 2. The van der Waals surface area contributed by atoms with E-state index >= 15 is 0 Å². The van der Waals surface area contributed by atoms with Crippen LogP contribution in [0.25, 0.3) is 0 Å². The number of furan rings is 1. The van der Waals surface area contributed by atoms with Gasteiger partial charge in [-0.2, -0.15) is 5.10 Å². The van der Waals surface area contributed by atoms with Crippen LogP contribution < -0.4 is 14.2 Å². The van der Waals surface area contributed by atoms with Crippen molar-refractivity contribution in [1.29, 1.82) is 0 Å². The van der Waals surface area contributed by atoms with E-state index in [0.717, 1.165) is 11.3 Å². The standard InChI is InChI=1S/C26H26N2O7/c1-17(35-21-12-10-20(32-3)11-13-21)26(30)34-16-25(29)28-23(24-5-4-14-33-24)15-22(27-28)18-6-8-19(31-2)9-7-18/h4-14,17,23H,15-16H2,1-3H3. The van der Waals surface area contributed by atoms with Crippen molar-refractivity contribution in [2.24, 2.45) is 5.10 Å². The van der Waals surface area contributed by atoms with E-state index in [1.54, 1.807) is 63.8 Å². The van der Waals surface area contributed by atoms with E-state index in [1.165, 1.54) is 5.01 Å². The van der Waals surface area contributed by atoms with Gasteiger partial charge >= 0.3 is 5.97 Å². The molecule has 0 saturated carbocycles.